The number of piperazine rings is 1. The number of benzene rings is 3. The Hall–Kier alpha value is -3.61. The molecule has 1 saturated heterocycles. The molecule has 0 atom stereocenters. The number of amides is 2. The largest absolute Gasteiger partial charge is 0.351 e. The van der Waals surface area contributed by atoms with Gasteiger partial charge >= 0.3 is 0 Å². The van der Waals surface area contributed by atoms with E-state index in [4.69, 9.17) is 11.6 Å². The van der Waals surface area contributed by atoms with Crippen LogP contribution in [0.2, 0.25) is 5.02 Å². The molecule has 1 aromatic heterocycles. The lowest BCUT2D eigenvalue weighted by molar-refractivity contribution is -0.122. The molecule has 0 aliphatic carbocycles. The zero-order chi connectivity index (χ0) is 25.8. The van der Waals surface area contributed by atoms with Gasteiger partial charge in [0.15, 0.2) is 0 Å². The molecular formula is C30H31ClN4O2. The van der Waals surface area contributed by atoms with Gasteiger partial charge in [0.05, 0.1) is 12.1 Å². The minimum absolute atomic E-state index is 0.0189. The molecule has 2 heterocycles. The maximum atomic E-state index is 13.7. The highest BCUT2D eigenvalue weighted by Gasteiger charge is 2.27. The zero-order valence-corrected chi connectivity index (χ0v) is 21.7. The molecule has 0 spiro atoms. The van der Waals surface area contributed by atoms with E-state index in [2.05, 4.69) is 33.0 Å². The molecule has 1 N–H and O–H groups in total. The Morgan fingerprint density at radius 1 is 0.838 bits per heavy atom. The van der Waals surface area contributed by atoms with E-state index in [1.165, 1.54) is 5.56 Å². The molecule has 1 fully saturated rings. The molecule has 5 rings (SSSR count). The third kappa shape index (κ3) is 5.71. The number of carbonyl (C=O) groups is 2. The molecule has 3 aromatic carbocycles. The number of hydrogen-bond donors (Lipinski definition) is 1. The molecule has 190 valence electrons. The number of carbonyl (C=O) groups excluding carboxylic acids is 2. The average molecular weight is 515 g/mol. The van der Waals surface area contributed by atoms with E-state index in [0.717, 1.165) is 34.3 Å². The number of nitrogens with one attached hydrogen (secondary N) is 1. The third-order valence-electron chi connectivity index (χ3n) is 7.06. The van der Waals surface area contributed by atoms with Crippen LogP contribution in [0.4, 0.5) is 0 Å². The van der Waals surface area contributed by atoms with Crippen LogP contribution in [0.15, 0.2) is 78.9 Å². The second-order valence-electron chi connectivity index (χ2n) is 9.52. The van der Waals surface area contributed by atoms with E-state index < -0.39 is 0 Å². The first-order valence-electron chi connectivity index (χ1n) is 12.6. The van der Waals surface area contributed by atoms with Crippen molar-refractivity contribution in [2.24, 2.45) is 0 Å². The van der Waals surface area contributed by atoms with E-state index in [0.29, 0.717) is 44.3 Å². The maximum absolute atomic E-state index is 13.7. The average Bonchev–Trinajstić information content (AvgIpc) is 3.20. The van der Waals surface area contributed by atoms with Crippen molar-refractivity contribution in [3.05, 3.63) is 106 Å². The van der Waals surface area contributed by atoms with Gasteiger partial charge in [0.2, 0.25) is 5.91 Å². The first kappa shape index (κ1) is 25.1. The highest BCUT2D eigenvalue weighted by Crippen LogP contribution is 2.28. The Labute approximate surface area is 222 Å². The van der Waals surface area contributed by atoms with Crippen LogP contribution in [0.3, 0.4) is 0 Å². The molecule has 0 unspecified atom stereocenters. The first-order chi connectivity index (χ1) is 18.0. The van der Waals surface area contributed by atoms with Crippen LogP contribution >= 0.6 is 11.6 Å². The van der Waals surface area contributed by atoms with Crippen molar-refractivity contribution in [1.82, 2.24) is 19.7 Å². The Morgan fingerprint density at radius 2 is 1.51 bits per heavy atom. The molecule has 0 radical (unpaired) electrons. The van der Waals surface area contributed by atoms with Crippen LogP contribution < -0.4 is 5.32 Å². The van der Waals surface area contributed by atoms with Crippen molar-refractivity contribution >= 4 is 34.3 Å². The monoisotopic (exact) mass is 514 g/mol. The highest BCUT2D eigenvalue weighted by molar-refractivity contribution is 6.30. The van der Waals surface area contributed by atoms with Gasteiger partial charge in [-0.15, -0.1) is 0 Å². The fourth-order valence-electron chi connectivity index (χ4n) is 5.00. The van der Waals surface area contributed by atoms with Crippen LogP contribution in [0, 0.1) is 6.92 Å². The summed E-state index contributed by atoms with van der Waals surface area (Å²) in [6.45, 7) is 6.09. The van der Waals surface area contributed by atoms with Gasteiger partial charge < -0.3 is 14.8 Å². The van der Waals surface area contributed by atoms with Crippen LogP contribution in [0.5, 0.6) is 0 Å². The van der Waals surface area contributed by atoms with Crippen molar-refractivity contribution in [2.45, 2.75) is 20.0 Å². The minimum Gasteiger partial charge on any atom is -0.351 e. The zero-order valence-electron chi connectivity index (χ0n) is 21.0. The van der Waals surface area contributed by atoms with Crippen LogP contribution in [0.25, 0.3) is 10.9 Å². The van der Waals surface area contributed by atoms with Crippen LogP contribution in [0.1, 0.15) is 27.2 Å². The molecule has 1 aliphatic rings. The molecule has 0 saturated carbocycles. The van der Waals surface area contributed by atoms with Gasteiger partial charge in [0, 0.05) is 60.9 Å². The number of para-hydroxylation sites is 1. The van der Waals surface area contributed by atoms with Crippen molar-refractivity contribution < 1.29 is 9.59 Å². The Balaban J connectivity index is 1.22. The molecule has 6 nitrogen and oxygen atoms in total. The highest BCUT2D eigenvalue weighted by atomic mass is 35.5. The van der Waals surface area contributed by atoms with Crippen molar-refractivity contribution in [3.8, 4) is 0 Å². The van der Waals surface area contributed by atoms with Crippen LogP contribution in [-0.4, -0.2) is 58.9 Å². The summed E-state index contributed by atoms with van der Waals surface area (Å²) in [6, 6.07) is 25.9. The summed E-state index contributed by atoms with van der Waals surface area (Å²) >= 11 is 5.92. The summed E-state index contributed by atoms with van der Waals surface area (Å²) in [5, 5.41) is 4.64. The molecule has 2 amide bonds. The number of hydrogen-bond acceptors (Lipinski definition) is 3. The third-order valence-corrected chi connectivity index (χ3v) is 7.31. The lowest BCUT2D eigenvalue weighted by Crippen LogP contribution is -2.51. The van der Waals surface area contributed by atoms with Crippen molar-refractivity contribution in [1.29, 1.82) is 0 Å². The fraction of sp³-hybridized carbons (Fsp3) is 0.267. The Morgan fingerprint density at radius 3 is 2.24 bits per heavy atom. The number of halogens is 1. The van der Waals surface area contributed by atoms with E-state index >= 15 is 0 Å². The first-order valence-corrected chi connectivity index (χ1v) is 13.0. The van der Waals surface area contributed by atoms with Gasteiger partial charge in [0.25, 0.3) is 5.91 Å². The van der Waals surface area contributed by atoms with Gasteiger partial charge in [-0.05, 0) is 36.2 Å². The standard InChI is InChI=1S/C30H31ClN4O2/c1-22-29(26-9-5-6-10-27(26)35(22)20-24-7-3-2-4-8-24)30(37)34-17-15-33(16-18-34)21-28(36)32-19-23-11-13-25(31)14-12-23/h2-14H,15-21H2,1H3,(H,32,36). The number of nitrogens with zero attached hydrogens (tertiary/aromatic N) is 3. The molecule has 1 aliphatic heterocycles. The van der Waals surface area contributed by atoms with Gasteiger partial charge in [0.1, 0.15) is 0 Å². The van der Waals surface area contributed by atoms with E-state index in [-0.39, 0.29) is 11.8 Å². The molecule has 7 heteroatoms. The number of aromatic nitrogens is 1. The maximum Gasteiger partial charge on any atom is 0.256 e. The molecule has 0 bridgehead atoms. The molecular weight excluding hydrogens is 484 g/mol. The lowest BCUT2D eigenvalue weighted by atomic mass is 10.1. The van der Waals surface area contributed by atoms with Gasteiger partial charge in [-0.2, -0.15) is 0 Å². The predicted molar refractivity (Wildman–Crippen MR) is 148 cm³/mol. The Bertz CT molecular complexity index is 1390. The van der Waals surface area contributed by atoms with Gasteiger partial charge in [-0.25, -0.2) is 0 Å². The summed E-state index contributed by atoms with van der Waals surface area (Å²) in [5.74, 6) is 0.0434. The quantitative estimate of drug-likeness (QED) is 0.388. The smallest absolute Gasteiger partial charge is 0.256 e. The van der Waals surface area contributed by atoms with Gasteiger partial charge in [-0.3, -0.25) is 14.5 Å². The van der Waals surface area contributed by atoms with Crippen molar-refractivity contribution in [3.63, 3.8) is 0 Å². The molecule has 37 heavy (non-hydrogen) atoms. The normalized spacial score (nSPS) is 14.2. The molecule has 4 aromatic rings. The van der Waals surface area contributed by atoms with Crippen molar-refractivity contribution in [2.75, 3.05) is 32.7 Å². The second-order valence-corrected chi connectivity index (χ2v) is 9.96. The van der Waals surface area contributed by atoms with E-state index in [1.807, 2.05) is 72.5 Å². The number of fused-ring (bicyclic) bond motifs is 1. The summed E-state index contributed by atoms with van der Waals surface area (Å²) in [5.41, 5.74) is 5.05. The lowest BCUT2D eigenvalue weighted by Gasteiger charge is -2.34. The van der Waals surface area contributed by atoms with E-state index in [9.17, 15) is 9.59 Å². The van der Waals surface area contributed by atoms with E-state index in [1.54, 1.807) is 0 Å². The summed E-state index contributed by atoms with van der Waals surface area (Å²) in [7, 11) is 0. The summed E-state index contributed by atoms with van der Waals surface area (Å²) in [6.07, 6.45) is 0. The predicted octanol–water partition coefficient (Wildman–Crippen LogP) is 4.73. The summed E-state index contributed by atoms with van der Waals surface area (Å²) in [4.78, 5) is 30.2. The number of rotatable bonds is 7. The SMILES string of the molecule is Cc1c(C(=O)N2CCN(CC(=O)NCc3ccc(Cl)cc3)CC2)c2ccccc2n1Cc1ccccc1. The topological polar surface area (TPSA) is 57.6 Å². The van der Waals surface area contributed by atoms with Gasteiger partial charge in [-0.1, -0.05) is 72.3 Å². The minimum atomic E-state index is -0.0189. The summed E-state index contributed by atoms with van der Waals surface area (Å²) < 4.78 is 2.24. The Kier molecular flexibility index (Phi) is 7.58. The van der Waals surface area contributed by atoms with Crippen LogP contribution in [-0.2, 0) is 17.9 Å². The fourth-order valence-corrected chi connectivity index (χ4v) is 5.13. The second kappa shape index (κ2) is 11.2.